The molecule has 0 atom stereocenters. The Morgan fingerprint density at radius 1 is 1.56 bits per heavy atom. The van der Waals surface area contributed by atoms with Gasteiger partial charge in [0.15, 0.2) is 5.16 Å². The van der Waals surface area contributed by atoms with E-state index < -0.39 is 0 Å². The standard InChI is InChI=1S/C9H11BrN4S2/c1-14-8(3-11)12-13-9(14)16-5-7-2-6(10)4-15-7/h2,4H,3,5,11H2,1H3. The summed E-state index contributed by atoms with van der Waals surface area (Å²) < 4.78 is 3.07. The molecule has 2 heterocycles. The minimum Gasteiger partial charge on any atom is -0.324 e. The molecule has 2 aromatic rings. The molecule has 0 aliphatic rings. The van der Waals surface area contributed by atoms with E-state index in [-0.39, 0.29) is 0 Å². The third-order valence-electron chi connectivity index (χ3n) is 2.07. The highest BCUT2D eigenvalue weighted by Crippen LogP contribution is 2.27. The number of thiophene rings is 1. The van der Waals surface area contributed by atoms with Gasteiger partial charge in [0.25, 0.3) is 0 Å². The van der Waals surface area contributed by atoms with E-state index in [4.69, 9.17) is 5.73 Å². The van der Waals surface area contributed by atoms with Gasteiger partial charge in [0.1, 0.15) is 5.82 Å². The van der Waals surface area contributed by atoms with Gasteiger partial charge in [-0.2, -0.15) is 0 Å². The van der Waals surface area contributed by atoms with Gasteiger partial charge in [-0.25, -0.2) is 0 Å². The number of nitrogens with zero attached hydrogens (tertiary/aromatic N) is 3. The fourth-order valence-corrected chi connectivity index (χ4v) is 3.65. The average Bonchev–Trinajstić information content (AvgIpc) is 2.83. The lowest BCUT2D eigenvalue weighted by atomic mass is 10.5. The van der Waals surface area contributed by atoms with Gasteiger partial charge in [-0.15, -0.1) is 21.5 Å². The van der Waals surface area contributed by atoms with Gasteiger partial charge in [-0.1, -0.05) is 11.8 Å². The van der Waals surface area contributed by atoms with E-state index in [1.54, 1.807) is 23.1 Å². The van der Waals surface area contributed by atoms with Crippen molar-refractivity contribution in [1.29, 1.82) is 0 Å². The van der Waals surface area contributed by atoms with Crippen molar-refractivity contribution in [3.8, 4) is 0 Å². The fraction of sp³-hybridized carbons (Fsp3) is 0.333. The lowest BCUT2D eigenvalue weighted by Gasteiger charge is -2.00. The van der Waals surface area contributed by atoms with E-state index >= 15 is 0 Å². The van der Waals surface area contributed by atoms with Crippen LogP contribution in [0.5, 0.6) is 0 Å². The summed E-state index contributed by atoms with van der Waals surface area (Å²) in [5.74, 6) is 1.72. The predicted octanol–water partition coefficient (Wildman–Crippen LogP) is 2.39. The first-order valence-electron chi connectivity index (χ1n) is 4.64. The molecule has 86 valence electrons. The molecule has 0 saturated carbocycles. The number of rotatable bonds is 4. The van der Waals surface area contributed by atoms with Crippen LogP contribution in [-0.4, -0.2) is 14.8 Å². The van der Waals surface area contributed by atoms with Gasteiger partial charge < -0.3 is 10.3 Å². The van der Waals surface area contributed by atoms with Crippen molar-refractivity contribution < 1.29 is 0 Å². The molecular formula is C9H11BrN4S2. The van der Waals surface area contributed by atoms with Crippen LogP contribution in [-0.2, 0) is 19.3 Å². The van der Waals surface area contributed by atoms with Gasteiger partial charge in [0.2, 0.25) is 0 Å². The van der Waals surface area contributed by atoms with Gasteiger partial charge in [0.05, 0.1) is 6.54 Å². The highest BCUT2D eigenvalue weighted by molar-refractivity contribution is 9.10. The molecule has 0 saturated heterocycles. The number of halogens is 1. The molecular weight excluding hydrogens is 308 g/mol. The minimum absolute atomic E-state index is 0.425. The zero-order valence-corrected chi connectivity index (χ0v) is 11.9. The minimum atomic E-state index is 0.425. The molecule has 2 rings (SSSR count). The first kappa shape index (κ1) is 12.1. The maximum absolute atomic E-state index is 5.54. The van der Waals surface area contributed by atoms with E-state index in [1.165, 1.54) is 4.88 Å². The topological polar surface area (TPSA) is 56.7 Å². The molecule has 0 spiro atoms. The third kappa shape index (κ3) is 2.65. The van der Waals surface area contributed by atoms with E-state index in [1.807, 2.05) is 11.6 Å². The molecule has 0 amide bonds. The van der Waals surface area contributed by atoms with Crippen LogP contribution >= 0.6 is 39.0 Å². The summed E-state index contributed by atoms with van der Waals surface area (Å²) >= 11 is 6.85. The van der Waals surface area contributed by atoms with Crippen molar-refractivity contribution in [1.82, 2.24) is 14.8 Å². The molecule has 2 aromatic heterocycles. The molecule has 0 aliphatic heterocycles. The summed E-state index contributed by atoms with van der Waals surface area (Å²) in [4.78, 5) is 1.31. The number of nitrogens with two attached hydrogens (primary N) is 1. The van der Waals surface area contributed by atoms with Gasteiger partial charge in [-0.05, 0) is 22.0 Å². The molecule has 4 nitrogen and oxygen atoms in total. The zero-order valence-electron chi connectivity index (χ0n) is 8.68. The van der Waals surface area contributed by atoms with Crippen molar-refractivity contribution in [2.24, 2.45) is 12.8 Å². The molecule has 0 unspecified atom stereocenters. The van der Waals surface area contributed by atoms with Crippen LogP contribution in [0, 0.1) is 0 Å². The summed E-state index contributed by atoms with van der Waals surface area (Å²) in [5.41, 5.74) is 5.54. The smallest absolute Gasteiger partial charge is 0.191 e. The molecule has 2 N–H and O–H groups in total. The zero-order chi connectivity index (χ0) is 11.5. The van der Waals surface area contributed by atoms with Crippen LogP contribution in [0.15, 0.2) is 21.1 Å². The number of thioether (sulfide) groups is 1. The highest BCUT2D eigenvalue weighted by Gasteiger charge is 2.08. The second-order valence-electron chi connectivity index (χ2n) is 3.18. The Hall–Kier alpha value is -0.370. The molecule has 0 aliphatic carbocycles. The van der Waals surface area contributed by atoms with Crippen LogP contribution in [0.2, 0.25) is 0 Å². The number of aromatic nitrogens is 3. The molecule has 0 radical (unpaired) electrons. The predicted molar refractivity (Wildman–Crippen MR) is 70.5 cm³/mol. The van der Waals surface area contributed by atoms with Gasteiger partial charge >= 0.3 is 0 Å². The van der Waals surface area contributed by atoms with E-state index in [0.29, 0.717) is 6.54 Å². The van der Waals surface area contributed by atoms with E-state index in [2.05, 4.69) is 37.6 Å². The number of hydrogen-bond donors (Lipinski definition) is 1. The maximum Gasteiger partial charge on any atom is 0.191 e. The van der Waals surface area contributed by atoms with Crippen molar-refractivity contribution in [3.05, 3.63) is 26.6 Å². The monoisotopic (exact) mass is 318 g/mol. The highest BCUT2D eigenvalue weighted by atomic mass is 79.9. The van der Waals surface area contributed by atoms with Crippen LogP contribution in [0.25, 0.3) is 0 Å². The molecule has 7 heteroatoms. The summed E-state index contributed by atoms with van der Waals surface area (Å²) in [6.45, 7) is 0.425. The van der Waals surface area contributed by atoms with Crippen molar-refractivity contribution in [2.45, 2.75) is 17.5 Å². The summed E-state index contributed by atoms with van der Waals surface area (Å²) in [7, 11) is 1.94. The first-order valence-corrected chi connectivity index (χ1v) is 7.30. The largest absolute Gasteiger partial charge is 0.324 e. The summed E-state index contributed by atoms with van der Waals surface area (Å²) in [6, 6.07) is 2.12. The third-order valence-corrected chi connectivity index (χ3v) is 5.02. The Labute approximate surface area is 110 Å². The SMILES string of the molecule is Cn1c(CN)nnc1SCc1cc(Br)cs1. The van der Waals surface area contributed by atoms with Crippen LogP contribution in [0.3, 0.4) is 0 Å². The first-order chi connectivity index (χ1) is 7.70. The maximum atomic E-state index is 5.54. The van der Waals surface area contributed by atoms with Gasteiger partial charge in [-0.3, -0.25) is 0 Å². The Morgan fingerprint density at radius 3 is 2.94 bits per heavy atom. The Balaban J connectivity index is 2.02. The lowest BCUT2D eigenvalue weighted by molar-refractivity contribution is 0.734. The van der Waals surface area contributed by atoms with Crippen LogP contribution < -0.4 is 5.73 Å². The van der Waals surface area contributed by atoms with Gasteiger partial charge in [0, 0.05) is 27.5 Å². The van der Waals surface area contributed by atoms with Crippen LogP contribution in [0.4, 0.5) is 0 Å². The molecule has 0 fully saturated rings. The molecule has 0 aromatic carbocycles. The second kappa shape index (κ2) is 5.31. The normalized spacial score (nSPS) is 10.9. The quantitative estimate of drug-likeness (QED) is 0.879. The number of hydrogen-bond acceptors (Lipinski definition) is 5. The summed E-state index contributed by atoms with van der Waals surface area (Å²) in [6.07, 6.45) is 0. The van der Waals surface area contributed by atoms with Crippen molar-refractivity contribution in [3.63, 3.8) is 0 Å². The fourth-order valence-electron chi connectivity index (χ4n) is 1.21. The molecule has 16 heavy (non-hydrogen) atoms. The Bertz CT molecular complexity index is 480. The molecule has 0 bridgehead atoms. The summed E-state index contributed by atoms with van der Waals surface area (Å²) in [5, 5.41) is 11.1. The van der Waals surface area contributed by atoms with E-state index in [0.717, 1.165) is 21.2 Å². The lowest BCUT2D eigenvalue weighted by Crippen LogP contribution is -2.05. The second-order valence-corrected chi connectivity index (χ2v) is 6.04. The van der Waals surface area contributed by atoms with Crippen molar-refractivity contribution in [2.75, 3.05) is 0 Å². The average molecular weight is 319 g/mol. The van der Waals surface area contributed by atoms with E-state index in [9.17, 15) is 0 Å². The van der Waals surface area contributed by atoms with Crippen molar-refractivity contribution >= 4 is 39.0 Å². The Kier molecular flexibility index (Phi) is 4.01. The Morgan fingerprint density at radius 2 is 2.38 bits per heavy atom. The van der Waals surface area contributed by atoms with Crippen LogP contribution in [0.1, 0.15) is 10.7 Å².